The third-order valence-corrected chi connectivity index (χ3v) is 6.37. The number of nitrogens with zero attached hydrogens (tertiary/aromatic N) is 4. The van der Waals surface area contributed by atoms with Crippen molar-refractivity contribution in [3.8, 4) is 11.4 Å². The molecule has 42 heavy (non-hydrogen) atoms. The van der Waals surface area contributed by atoms with Gasteiger partial charge in [0.2, 0.25) is 5.91 Å². The maximum Gasteiger partial charge on any atom is 0.438 e. The van der Waals surface area contributed by atoms with E-state index in [4.69, 9.17) is 11.6 Å². The van der Waals surface area contributed by atoms with Gasteiger partial charge in [-0.3, -0.25) is 18.9 Å². The number of alkyl halides is 6. The fraction of sp³-hybridized carbons (Fsp3) is 0.292. The summed E-state index contributed by atoms with van der Waals surface area (Å²) in [4.78, 5) is 40.0. The Kier molecular flexibility index (Phi) is 8.10. The van der Waals surface area contributed by atoms with Crippen LogP contribution in [0.15, 0.2) is 62.6 Å². The van der Waals surface area contributed by atoms with Gasteiger partial charge in [-0.2, -0.15) is 26.3 Å². The van der Waals surface area contributed by atoms with E-state index in [1.165, 1.54) is 37.3 Å². The Hall–Kier alpha value is -4.38. The van der Waals surface area contributed by atoms with Crippen molar-refractivity contribution < 1.29 is 40.8 Å². The van der Waals surface area contributed by atoms with E-state index in [0.717, 1.165) is 12.1 Å². The fourth-order valence-corrected chi connectivity index (χ4v) is 4.10. The number of hydrogen-bond donors (Lipinski definition) is 3. The molecule has 0 saturated carbocycles. The maximum atomic E-state index is 13.4. The van der Waals surface area contributed by atoms with Crippen LogP contribution in [0.2, 0.25) is 5.02 Å². The van der Waals surface area contributed by atoms with E-state index in [-0.39, 0.29) is 22.0 Å². The summed E-state index contributed by atoms with van der Waals surface area (Å²) >= 11 is 5.86. The number of aromatic amines is 1. The number of carbonyl (C=O) groups is 1. The van der Waals surface area contributed by atoms with Gasteiger partial charge in [0.1, 0.15) is 12.1 Å². The van der Waals surface area contributed by atoms with Gasteiger partial charge in [0.25, 0.3) is 0 Å². The molecule has 0 spiro atoms. The minimum absolute atomic E-state index is 0.124. The molecule has 4 rings (SSSR count). The number of amides is 1. The van der Waals surface area contributed by atoms with Crippen LogP contribution in [0.5, 0.6) is 0 Å². The Morgan fingerprint density at radius 1 is 1.10 bits per heavy atom. The van der Waals surface area contributed by atoms with Crippen molar-refractivity contribution in [2.75, 3.05) is 0 Å². The van der Waals surface area contributed by atoms with E-state index in [2.05, 4.69) is 25.1 Å². The van der Waals surface area contributed by atoms with E-state index in [1.807, 2.05) is 0 Å². The molecule has 0 saturated heterocycles. The Morgan fingerprint density at radius 3 is 2.31 bits per heavy atom. The molecule has 0 radical (unpaired) electrons. The summed E-state index contributed by atoms with van der Waals surface area (Å²) in [7, 11) is 0. The van der Waals surface area contributed by atoms with Crippen LogP contribution in [0.25, 0.3) is 11.4 Å². The second kappa shape index (κ2) is 11.1. The smallest absolute Gasteiger partial charge is 0.382 e. The monoisotopic (exact) mass is 620 g/mol. The normalized spacial score (nSPS) is 14.4. The molecule has 1 amide bonds. The molecular weight excluding hydrogens is 602 g/mol. The zero-order valence-corrected chi connectivity index (χ0v) is 21.9. The molecule has 11 nitrogen and oxygen atoms in total. The van der Waals surface area contributed by atoms with Crippen molar-refractivity contribution in [2.24, 2.45) is 0 Å². The highest BCUT2D eigenvalue weighted by Crippen LogP contribution is 2.34. The lowest BCUT2D eigenvalue weighted by atomic mass is 9.89. The predicted molar refractivity (Wildman–Crippen MR) is 132 cm³/mol. The topological polar surface area (TPSA) is 148 Å². The maximum absolute atomic E-state index is 13.4. The third kappa shape index (κ3) is 6.41. The highest BCUT2D eigenvalue weighted by atomic mass is 35.5. The lowest BCUT2D eigenvalue weighted by molar-refractivity contribution is -0.207. The summed E-state index contributed by atoms with van der Waals surface area (Å²) in [6.07, 6.45) is -12.8. The molecule has 0 bridgehead atoms. The molecule has 224 valence electrons. The van der Waals surface area contributed by atoms with Gasteiger partial charge < -0.3 is 10.4 Å². The minimum atomic E-state index is -5.09. The van der Waals surface area contributed by atoms with Crippen LogP contribution in [-0.2, 0) is 29.6 Å². The second-order valence-electron chi connectivity index (χ2n) is 9.13. The molecule has 2 atom stereocenters. The fourth-order valence-electron chi connectivity index (χ4n) is 3.97. The average molecular weight is 621 g/mol. The van der Waals surface area contributed by atoms with Crippen molar-refractivity contribution in [3.63, 3.8) is 0 Å². The molecule has 18 heteroatoms. The SMILES string of the molecule is CC(NC(=O)Cn1nc(-c2ccc(Cl)cc2)n(CC(O)C(F)(F)F)c1=O)(c1cccc(C(F)(F)F)c1)c1noc(=O)[nH]1. The van der Waals surface area contributed by atoms with Gasteiger partial charge in [0.05, 0.1) is 12.1 Å². The van der Waals surface area contributed by atoms with Crippen molar-refractivity contribution in [1.29, 1.82) is 0 Å². The van der Waals surface area contributed by atoms with Gasteiger partial charge in [0.15, 0.2) is 17.8 Å². The van der Waals surface area contributed by atoms with Crippen LogP contribution >= 0.6 is 11.6 Å². The third-order valence-electron chi connectivity index (χ3n) is 6.12. The zero-order valence-electron chi connectivity index (χ0n) is 21.1. The van der Waals surface area contributed by atoms with Crippen LogP contribution in [0, 0.1) is 0 Å². The largest absolute Gasteiger partial charge is 0.438 e. The Labute approximate surface area is 235 Å². The number of nitrogens with one attached hydrogen (secondary N) is 2. The molecule has 0 aliphatic carbocycles. The molecular formula is C24H19ClF6N6O5. The Balaban J connectivity index is 1.73. The number of aromatic nitrogens is 5. The molecule has 2 aromatic heterocycles. The molecule has 2 unspecified atom stereocenters. The van der Waals surface area contributed by atoms with Crippen LogP contribution < -0.4 is 16.8 Å². The van der Waals surface area contributed by atoms with Crippen molar-refractivity contribution in [1.82, 2.24) is 29.8 Å². The number of carbonyl (C=O) groups excluding carboxylic acids is 1. The van der Waals surface area contributed by atoms with Crippen LogP contribution in [0.4, 0.5) is 26.3 Å². The highest BCUT2D eigenvalue weighted by Gasteiger charge is 2.40. The molecule has 0 fully saturated rings. The van der Waals surface area contributed by atoms with Gasteiger partial charge in [-0.15, -0.1) is 5.10 Å². The van der Waals surface area contributed by atoms with E-state index < -0.39 is 65.8 Å². The summed E-state index contributed by atoms with van der Waals surface area (Å²) in [5.41, 5.74) is -4.32. The van der Waals surface area contributed by atoms with Crippen molar-refractivity contribution in [2.45, 2.75) is 44.0 Å². The first kappa shape index (κ1) is 30.6. The van der Waals surface area contributed by atoms with Crippen LogP contribution in [-0.4, -0.2) is 47.8 Å². The van der Waals surface area contributed by atoms with E-state index in [1.54, 1.807) is 0 Å². The van der Waals surface area contributed by atoms with Crippen molar-refractivity contribution in [3.05, 3.63) is 91.5 Å². The lowest BCUT2D eigenvalue weighted by Gasteiger charge is -2.29. The molecule has 3 N–H and O–H groups in total. The summed E-state index contributed by atoms with van der Waals surface area (Å²) < 4.78 is 85.0. The van der Waals surface area contributed by atoms with Crippen LogP contribution in [0.1, 0.15) is 23.9 Å². The number of benzene rings is 2. The van der Waals surface area contributed by atoms with E-state index in [0.29, 0.717) is 15.3 Å². The summed E-state index contributed by atoms with van der Waals surface area (Å²) in [5.74, 6) is -2.88. The summed E-state index contributed by atoms with van der Waals surface area (Å²) in [6.45, 7) is -0.996. The van der Waals surface area contributed by atoms with Gasteiger partial charge in [-0.1, -0.05) is 28.9 Å². The first-order chi connectivity index (χ1) is 19.5. The Bertz CT molecular complexity index is 1710. The molecule has 0 aliphatic rings. The van der Waals surface area contributed by atoms with E-state index >= 15 is 0 Å². The minimum Gasteiger partial charge on any atom is -0.382 e. The lowest BCUT2D eigenvalue weighted by Crippen LogP contribution is -2.47. The van der Waals surface area contributed by atoms with Gasteiger partial charge >= 0.3 is 23.8 Å². The van der Waals surface area contributed by atoms with Gasteiger partial charge in [-0.05, 0) is 48.9 Å². The molecule has 4 aromatic rings. The van der Waals surface area contributed by atoms with E-state index in [9.17, 15) is 45.8 Å². The van der Waals surface area contributed by atoms with Gasteiger partial charge in [-0.25, -0.2) is 14.3 Å². The van der Waals surface area contributed by atoms with Gasteiger partial charge in [0, 0.05) is 10.6 Å². The summed E-state index contributed by atoms with van der Waals surface area (Å²) in [6, 6.07) is 9.17. The molecule has 2 heterocycles. The second-order valence-corrected chi connectivity index (χ2v) is 9.57. The number of H-pyrrole nitrogens is 1. The zero-order chi connectivity index (χ0) is 31.0. The number of aliphatic hydroxyl groups excluding tert-OH is 1. The Morgan fingerprint density at radius 2 is 1.74 bits per heavy atom. The number of halogens is 7. The van der Waals surface area contributed by atoms with Crippen LogP contribution in [0.3, 0.4) is 0 Å². The highest BCUT2D eigenvalue weighted by molar-refractivity contribution is 6.30. The number of aliphatic hydroxyl groups is 1. The summed E-state index contributed by atoms with van der Waals surface area (Å²) in [5, 5.41) is 19.7. The van der Waals surface area contributed by atoms with Crippen molar-refractivity contribution >= 4 is 17.5 Å². The number of rotatable bonds is 8. The number of hydrogen-bond acceptors (Lipinski definition) is 7. The molecule has 0 aliphatic heterocycles. The quantitative estimate of drug-likeness (QED) is 0.257. The first-order valence-corrected chi connectivity index (χ1v) is 12.1. The average Bonchev–Trinajstić information content (AvgIpc) is 3.47. The predicted octanol–water partition coefficient (Wildman–Crippen LogP) is 3.06. The first-order valence-electron chi connectivity index (χ1n) is 11.7. The molecule has 2 aromatic carbocycles. The standard InChI is InChI=1S/C24H19ClF6N6O5/c1-22(19-32-20(40)42-35-19,13-3-2-4-14(9-13)23(26,27)28)33-17(39)11-37-21(41)36(10-16(38)24(29,30)31)18(34-37)12-5-7-15(25)8-6-12/h2-9,16,38H,10-11H2,1H3,(H,33,39)(H,32,35,40).